The monoisotopic (exact) mass is 655 g/mol. The van der Waals surface area contributed by atoms with Gasteiger partial charge in [0.25, 0.3) is 11.8 Å². The number of nitrogens with one attached hydrogen (secondary N) is 1. The highest BCUT2D eigenvalue weighted by molar-refractivity contribution is 7.87. The fourth-order valence-corrected chi connectivity index (χ4v) is 7.24. The average Bonchev–Trinajstić information content (AvgIpc) is 3.30. The third-order valence-corrected chi connectivity index (χ3v) is 10.7. The van der Waals surface area contributed by atoms with Crippen LogP contribution in [-0.4, -0.2) is 110 Å². The topological polar surface area (TPSA) is 145 Å². The molecule has 3 N–H and O–H groups in total. The van der Waals surface area contributed by atoms with E-state index < -0.39 is 33.7 Å². The van der Waals surface area contributed by atoms with E-state index in [0.29, 0.717) is 35.5 Å². The summed E-state index contributed by atoms with van der Waals surface area (Å²) in [5.74, 6) is -0.814. The quantitative estimate of drug-likeness (QED) is 0.319. The number of rotatable bonds is 9. The predicted molar refractivity (Wildman–Crippen MR) is 176 cm³/mol. The highest BCUT2D eigenvalue weighted by Gasteiger charge is 2.50. The van der Waals surface area contributed by atoms with Crippen LogP contribution >= 0.6 is 0 Å². The summed E-state index contributed by atoms with van der Waals surface area (Å²) in [6.45, 7) is 0.579. The van der Waals surface area contributed by atoms with E-state index in [1.165, 1.54) is 26.1 Å². The molecule has 0 saturated heterocycles. The van der Waals surface area contributed by atoms with Crippen LogP contribution in [0.1, 0.15) is 65.6 Å². The van der Waals surface area contributed by atoms with Gasteiger partial charge < -0.3 is 29.3 Å². The molecule has 0 bridgehead atoms. The minimum Gasteiger partial charge on any atom is -0.497 e. The molecule has 3 aromatic rings. The number of ether oxygens (including phenoxy) is 1. The van der Waals surface area contributed by atoms with E-state index in [1.54, 1.807) is 31.3 Å². The summed E-state index contributed by atoms with van der Waals surface area (Å²) in [5.41, 5.74) is 1.19. The Bertz CT molecular complexity index is 1750. The fraction of sp³-hybridized carbons (Fsp3) is 0.515. The summed E-state index contributed by atoms with van der Waals surface area (Å²) in [7, 11) is 5.50. The summed E-state index contributed by atoms with van der Waals surface area (Å²) in [6, 6.07) is 10.3. The first-order valence-electron chi connectivity index (χ1n) is 15.6. The maximum Gasteiger partial charge on any atom is 0.303 e. The molecule has 2 aromatic carbocycles. The Kier molecular flexibility index (Phi) is 9.54. The molecule has 13 heteroatoms. The Balaban J connectivity index is 1.78. The number of carbonyl (C=O) groups is 2. The standard InChI is InChI=1S/C33H45N5O7S/c1-35(2)16-17-37(5)32(41)33(42)20-38-27-18-22(31(40)34-46(43,44)36(3)4)12-14-25(27)28(21-10-8-7-9-11-21)29(38)24-15-13-23(45-6)19-26(24)30(33)39/h12-15,18-19,21,30,39,42H,7-11,16-17,20H2,1-6H3,(H,34,40)/t30-,33+/m0/s1. The molecule has 1 aromatic heterocycles. The number of aliphatic hydroxyl groups excluding tert-OH is 1. The Morgan fingerprint density at radius 1 is 1.02 bits per heavy atom. The third kappa shape index (κ3) is 6.14. The van der Waals surface area contributed by atoms with Crippen molar-refractivity contribution in [2.24, 2.45) is 0 Å². The lowest BCUT2D eigenvalue weighted by atomic mass is 9.80. The lowest BCUT2D eigenvalue weighted by Gasteiger charge is -2.35. The molecule has 2 heterocycles. The predicted octanol–water partition coefficient (Wildman–Crippen LogP) is 2.70. The highest BCUT2D eigenvalue weighted by Crippen LogP contribution is 2.50. The lowest BCUT2D eigenvalue weighted by molar-refractivity contribution is -0.166. The van der Waals surface area contributed by atoms with Crippen LogP contribution in [0, 0.1) is 0 Å². The average molecular weight is 656 g/mol. The number of fused-ring (bicyclic) bond motifs is 5. The maximum atomic E-state index is 14.1. The second-order valence-corrected chi connectivity index (χ2v) is 14.8. The second-order valence-electron chi connectivity index (χ2n) is 12.9. The minimum absolute atomic E-state index is 0.103. The van der Waals surface area contributed by atoms with Crippen molar-refractivity contribution in [3.05, 3.63) is 53.1 Å². The molecule has 250 valence electrons. The molecular weight excluding hydrogens is 610 g/mol. The van der Waals surface area contributed by atoms with Crippen LogP contribution in [0.5, 0.6) is 5.75 Å². The number of carbonyl (C=O) groups excluding carboxylic acids is 2. The molecule has 1 aliphatic heterocycles. The van der Waals surface area contributed by atoms with Crippen LogP contribution in [0.15, 0.2) is 36.4 Å². The van der Waals surface area contributed by atoms with Crippen molar-refractivity contribution in [2.75, 3.05) is 55.4 Å². The van der Waals surface area contributed by atoms with Crippen molar-refractivity contribution in [3.63, 3.8) is 0 Å². The molecule has 1 saturated carbocycles. The first kappa shape index (κ1) is 33.9. The number of likely N-dealkylation sites (N-methyl/N-ethyl adjacent to an activating group) is 2. The molecule has 2 atom stereocenters. The van der Waals surface area contributed by atoms with E-state index in [2.05, 4.69) is 4.72 Å². The van der Waals surface area contributed by atoms with Gasteiger partial charge >= 0.3 is 10.2 Å². The van der Waals surface area contributed by atoms with Crippen molar-refractivity contribution in [3.8, 4) is 17.0 Å². The van der Waals surface area contributed by atoms with Crippen molar-refractivity contribution in [1.29, 1.82) is 0 Å². The van der Waals surface area contributed by atoms with E-state index in [1.807, 2.05) is 35.7 Å². The van der Waals surface area contributed by atoms with Gasteiger partial charge in [-0.2, -0.15) is 12.7 Å². The smallest absolute Gasteiger partial charge is 0.303 e. The van der Waals surface area contributed by atoms with Crippen molar-refractivity contribution in [1.82, 2.24) is 23.4 Å². The van der Waals surface area contributed by atoms with Gasteiger partial charge in [-0.1, -0.05) is 25.3 Å². The van der Waals surface area contributed by atoms with Crippen molar-refractivity contribution in [2.45, 2.75) is 56.3 Å². The first-order valence-corrected chi connectivity index (χ1v) is 17.0. The van der Waals surface area contributed by atoms with Crippen LogP contribution in [0.3, 0.4) is 0 Å². The molecule has 12 nitrogen and oxygen atoms in total. The number of aliphatic hydroxyl groups is 2. The van der Waals surface area contributed by atoms with Crippen LogP contribution in [0.4, 0.5) is 0 Å². The van der Waals surface area contributed by atoms with Gasteiger partial charge in [0.1, 0.15) is 11.9 Å². The first-order chi connectivity index (χ1) is 21.7. The number of amides is 2. The highest BCUT2D eigenvalue weighted by atomic mass is 32.2. The Morgan fingerprint density at radius 2 is 1.72 bits per heavy atom. The number of aromatic nitrogens is 1. The van der Waals surface area contributed by atoms with Gasteiger partial charge in [0.15, 0.2) is 5.60 Å². The zero-order valence-electron chi connectivity index (χ0n) is 27.4. The second kappa shape index (κ2) is 13.0. The summed E-state index contributed by atoms with van der Waals surface area (Å²) in [4.78, 5) is 30.7. The van der Waals surface area contributed by atoms with Gasteiger partial charge in [-0.25, -0.2) is 4.72 Å². The molecule has 2 aliphatic rings. The van der Waals surface area contributed by atoms with Gasteiger partial charge in [0.2, 0.25) is 0 Å². The molecule has 46 heavy (non-hydrogen) atoms. The zero-order valence-corrected chi connectivity index (χ0v) is 28.2. The Hall–Kier alpha value is -3.49. The fourth-order valence-electron chi connectivity index (χ4n) is 6.71. The molecular formula is C33H45N5O7S. The molecule has 1 fully saturated rings. The number of methoxy groups -OCH3 is 1. The molecule has 0 spiro atoms. The van der Waals surface area contributed by atoms with E-state index >= 15 is 0 Å². The molecule has 0 radical (unpaired) electrons. The SMILES string of the molecule is COc1ccc2c(c1)[C@H](O)[C@@](O)(C(=O)N(C)CCN(C)C)Cn1c-2c(C2CCCCC2)c2ccc(C(=O)NS(=O)(=O)N(C)C)cc21. The normalized spacial score (nSPS) is 20.3. The number of hydrogen-bond acceptors (Lipinski definition) is 8. The van der Waals surface area contributed by atoms with Gasteiger partial charge in [-0.15, -0.1) is 0 Å². The number of hydrogen-bond donors (Lipinski definition) is 3. The zero-order chi connectivity index (χ0) is 33.6. The van der Waals surface area contributed by atoms with Crippen LogP contribution in [-0.2, 0) is 21.5 Å². The minimum atomic E-state index is -4.05. The van der Waals surface area contributed by atoms with Crippen LogP contribution in [0.2, 0.25) is 0 Å². The van der Waals surface area contributed by atoms with E-state index in [0.717, 1.165) is 53.1 Å². The number of benzene rings is 2. The van der Waals surface area contributed by atoms with Gasteiger partial charge in [0, 0.05) is 56.3 Å². The van der Waals surface area contributed by atoms with Crippen LogP contribution in [0.25, 0.3) is 22.2 Å². The lowest BCUT2D eigenvalue weighted by Crippen LogP contribution is -2.54. The summed E-state index contributed by atoms with van der Waals surface area (Å²) in [6.07, 6.45) is 3.53. The molecule has 2 amide bonds. The van der Waals surface area contributed by atoms with E-state index in [9.17, 15) is 28.2 Å². The Labute approximate surface area is 270 Å². The summed E-state index contributed by atoms with van der Waals surface area (Å²) in [5, 5.41) is 25.2. The Morgan fingerprint density at radius 3 is 2.35 bits per heavy atom. The van der Waals surface area contributed by atoms with Crippen molar-refractivity contribution < 1.29 is 33.0 Å². The van der Waals surface area contributed by atoms with Crippen molar-refractivity contribution >= 4 is 32.9 Å². The molecule has 1 aliphatic carbocycles. The van der Waals surface area contributed by atoms with E-state index in [-0.39, 0.29) is 18.0 Å². The van der Waals surface area contributed by atoms with Crippen LogP contribution < -0.4 is 9.46 Å². The maximum absolute atomic E-state index is 14.1. The van der Waals surface area contributed by atoms with Gasteiger partial charge in [-0.05, 0) is 74.3 Å². The largest absolute Gasteiger partial charge is 0.497 e. The van der Waals surface area contributed by atoms with Gasteiger partial charge in [0.05, 0.1) is 19.3 Å². The summed E-state index contributed by atoms with van der Waals surface area (Å²) >= 11 is 0. The van der Waals surface area contributed by atoms with E-state index in [4.69, 9.17) is 4.74 Å². The summed E-state index contributed by atoms with van der Waals surface area (Å²) < 4.78 is 35.3. The molecule has 5 rings (SSSR count). The van der Waals surface area contributed by atoms with Gasteiger partial charge in [-0.3, -0.25) is 9.59 Å². The molecule has 0 unspecified atom stereocenters. The number of nitrogens with zero attached hydrogens (tertiary/aromatic N) is 4. The third-order valence-electron chi connectivity index (χ3n) is 9.34.